The fourth-order valence-corrected chi connectivity index (χ4v) is 3.72. The van der Waals surface area contributed by atoms with Crippen LogP contribution in [0.25, 0.3) is 10.9 Å². The monoisotopic (exact) mass is 380 g/mol. The fourth-order valence-electron chi connectivity index (χ4n) is 3.72. The molecule has 1 aliphatic rings. The summed E-state index contributed by atoms with van der Waals surface area (Å²) < 4.78 is 10.7. The zero-order valence-electron chi connectivity index (χ0n) is 15.6. The number of fused-ring (bicyclic) bond motifs is 1. The number of methoxy groups -OCH3 is 1. The first kappa shape index (κ1) is 17.9. The second-order valence-electron chi connectivity index (χ2n) is 6.71. The highest BCUT2D eigenvalue weighted by atomic mass is 16.5. The number of benzene rings is 1. The molecule has 0 radical (unpaired) electrons. The Morgan fingerprint density at radius 2 is 2.18 bits per heavy atom. The summed E-state index contributed by atoms with van der Waals surface area (Å²) in [5, 5.41) is 11.3. The van der Waals surface area contributed by atoms with Crippen LogP contribution in [0, 0.1) is 0 Å². The SMILES string of the molecule is COc1ccc2[nH]cc(CCN3C(=O)C(O)=C(C(C)=O)C3c3ccco3)c2c1. The molecule has 0 bridgehead atoms. The van der Waals surface area contributed by atoms with Crippen LogP contribution in [0.15, 0.2) is 58.5 Å². The van der Waals surface area contributed by atoms with Crippen LogP contribution in [0.2, 0.25) is 0 Å². The number of aromatic nitrogens is 1. The van der Waals surface area contributed by atoms with Crippen LogP contribution < -0.4 is 4.74 Å². The highest BCUT2D eigenvalue weighted by Crippen LogP contribution is 2.38. The molecule has 3 aromatic rings. The van der Waals surface area contributed by atoms with E-state index in [1.165, 1.54) is 18.1 Å². The Labute approximate surface area is 161 Å². The molecule has 1 aliphatic heterocycles. The van der Waals surface area contributed by atoms with E-state index in [9.17, 15) is 14.7 Å². The lowest BCUT2D eigenvalue weighted by Crippen LogP contribution is -2.32. The average molecular weight is 380 g/mol. The number of amides is 1. The minimum Gasteiger partial charge on any atom is -0.503 e. The van der Waals surface area contributed by atoms with Gasteiger partial charge in [-0.3, -0.25) is 9.59 Å². The zero-order chi connectivity index (χ0) is 19.8. The number of carbonyl (C=O) groups is 2. The Morgan fingerprint density at radius 3 is 2.86 bits per heavy atom. The molecule has 0 fully saturated rings. The van der Waals surface area contributed by atoms with Crippen molar-refractivity contribution in [2.24, 2.45) is 0 Å². The van der Waals surface area contributed by atoms with E-state index in [0.717, 1.165) is 22.2 Å². The molecule has 0 saturated carbocycles. The van der Waals surface area contributed by atoms with Crippen LogP contribution in [-0.4, -0.2) is 40.3 Å². The predicted octanol–water partition coefficient (Wildman–Crippen LogP) is 3.30. The van der Waals surface area contributed by atoms with Crippen molar-refractivity contribution in [2.75, 3.05) is 13.7 Å². The van der Waals surface area contributed by atoms with Crippen LogP contribution in [0.5, 0.6) is 5.75 Å². The van der Waals surface area contributed by atoms with Crippen molar-refractivity contribution >= 4 is 22.6 Å². The Balaban J connectivity index is 1.64. The number of rotatable bonds is 6. The Hall–Kier alpha value is -3.48. The number of aromatic amines is 1. The topological polar surface area (TPSA) is 95.8 Å². The molecule has 0 aliphatic carbocycles. The molecule has 2 aromatic heterocycles. The summed E-state index contributed by atoms with van der Waals surface area (Å²) >= 11 is 0. The highest BCUT2D eigenvalue weighted by Gasteiger charge is 2.43. The van der Waals surface area contributed by atoms with E-state index in [2.05, 4.69) is 4.98 Å². The van der Waals surface area contributed by atoms with Gasteiger partial charge in [-0.25, -0.2) is 0 Å². The van der Waals surface area contributed by atoms with Gasteiger partial charge in [0.15, 0.2) is 11.5 Å². The summed E-state index contributed by atoms with van der Waals surface area (Å²) in [5.41, 5.74) is 2.05. The van der Waals surface area contributed by atoms with Crippen LogP contribution in [-0.2, 0) is 16.0 Å². The average Bonchev–Trinajstić information content (AvgIpc) is 3.40. The summed E-state index contributed by atoms with van der Waals surface area (Å²) in [4.78, 5) is 29.4. The molecule has 0 saturated heterocycles. The lowest BCUT2D eigenvalue weighted by atomic mass is 10.0. The number of ether oxygens (including phenoxy) is 1. The number of hydrogen-bond donors (Lipinski definition) is 2. The predicted molar refractivity (Wildman–Crippen MR) is 102 cm³/mol. The quantitative estimate of drug-likeness (QED) is 0.684. The zero-order valence-corrected chi connectivity index (χ0v) is 15.6. The molecular formula is C21H20N2O5. The smallest absolute Gasteiger partial charge is 0.290 e. The van der Waals surface area contributed by atoms with E-state index in [-0.39, 0.29) is 11.4 Å². The Morgan fingerprint density at radius 1 is 1.36 bits per heavy atom. The maximum Gasteiger partial charge on any atom is 0.290 e. The van der Waals surface area contributed by atoms with Gasteiger partial charge in [0.25, 0.3) is 5.91 Å². The van der Waals surface area contributed by atoms with Crippen molar-refractivity contribution in [3.63, 3.8) is 0 Å². The van der Waals surface area contributed by atoms with Crippen molar-refractivity contribution in [2.45, 2.75) is 19.4 Å². The van der Waals surface area contributed by atoms with Crippen LogP contribution in [0.4, 0.5) is 0 Å². The summed E-state index contributed by atoms with van der Waals surface area (Å²) in [5.74, 6) is -0.231. The highest BCUT2D eigenvalue weighted by molar-refractivity contribution is 6.08. The first-order valence-electron chi connectivity index (χ1n) is 8.93. The molecule has 1 aromatic carbocycles. The van der Waals surface area contributed by atoms with Gasteiger partial charge in [0.2, 0.25) is 0 Å². The summed E-state index contributed by atoms with van der Waals surface area (Å²) in [6.45, 7) is 1.65. The second-order valence-corrected chi connectivity index (χ2v) is 6.71. The minimum atomic E-state index is -0.722. The molecule has 7 heteroatoms. The molecule has 1 unspecified atom stereocenters. The third-order valence-electron chi connectivity index (χ3n) is 5.09. The minimum absolute atomic E-state index is 0.0699. The number of aliphatic hydroxyl groups excluding tert-OH is 1. The molecule has 7 nitrogen and oxygen atoms in total. The van der Waals surface area contributed by atoms with Gasteiger partial charge in [-0.05, 0) is 49.2 Å². The standard InChI is InChI=1S/C21H20N2O5/c1-12(24)18-19(17-4-3-9-28-17)23(21(26)20(18)25)8-7-13-11-22-16-6-5-14(27-2)10-15(13)16/h3-6,9-11,19,22,25H,7-8H2,1-2H3. The molecule has 0 spiro atoms. The lowest BCUT2D eigenvalue weighted by molar-refractivity contribution is -0.129. The number of nitrogens with one attached hydrogen (secondary N) is 1. The number of furan rings is 1. The van der Waals surface area contributed by atoms with Gasteiger partial charge in [-0.15, -0.1) is 0 Å². The summed E-state index contributed by atoms with van der Waals surface area (Å²) in [6.07, 6.45) is 3.91. The van der Waals surface area contributed by atoms with E-state index >= 15 is 0 Å². The van der Waals surface area contributed by atoms with Crippen LogP contribution in [0.3, 0.4) is 0 Å². The summed E-state index contributed by atoms with van der Waals surface area (Å²) in [6, 6.07) is 8.42. The van der Waals surface area contributed by atoms with Crippen LogP contribution in [0.1, 0.15) is 24.3 Å². The van der Waals surface area contributed by atoms with Crippen molar-refractivity contribution < 1.29 is 23.8 Å². The van der Waals surface area contributed by atoms with Gasteiger partial charge in [-0.1, -0.05) is 0 Å². The largest absolute Gasteiger partial charge is 0.503 e. The number of ketones is 1. The molecule has 4 rings (SSSR count). The number of H-pyrrole nitrogens is 1. The van der Waals surface area contributed by atoms with Crippen molar-refractivity contribution in [3.05, 3.63) is 65.4 Å². The van der Waals surface area contributed by atoms with Crippen molar-refractivity contribution in [3.8, 4) is 5.75 Å². The van der Waals surface area contributed by atoms with Gasteiger partial charge >= 0.3 is 0 Å². The van der Waals surface area contributed by atoms with Gasteiger partial charge < -0.3 is 24.1 Å². The maximum absolute atomic E-state index is 12.6. The second kappa shape index (κ2) is 6.92. The molecular weight excluding hydrogens is 360 g/mol. The van der Waals surface area contributed by atoms with E-state index < -0.39 is 17.7 Å². The summed E-state index contributed by atoms with van der Waals surface area (Å²) in [7, 11) is 1.61. The lowest BCUT2D eigenvalue weighted by Gasteiger charge is -2.24. The normalized spacial score (nSPS) is 17.0. The Kier molecular flexibility index (Phi) is 4.43. The number of hydrogen-bond acceptors (Lipinski definition) is 5. The first-order chi connectivity index (χ1) is 13.5. The molecule has 1 atom stereocenters. The Bertz CT molecular complexity index is 1080. The van der Waals surface area contributed by atoms with E-state index in [1.807, 2.05) is 24.4 Å². The van der Waals surface area contributed by atoms with Gasteiger partial charge in [-0.2, -0.15) is 0 Å². The molecule has 28 heavy (non-hydrogen) atoms. The fraction of sp³-hybridized carbons (Fsp3) is 0.238. The molecule has 144 valence electrons. The number of nitrogens with zero attached hydrogens (tertiary/aromatic N) is 1. The van der Waals surface area contributed by atoms with Gasteiger partial charge in [0, 0.05) is 23.6 Å². The molecule has 3 heterocycles. The third-order valence-corrected chi connectivity index (χ3v) is 5.09. The number of carbonyl (C=O) groups excluding carboxylic acids is 2. The van der Waals surface area contributed by atoms with Gasteiger partial charge in [0.05, 0.1) is 18.9 Å². The van der Waals surface area contributed by atoms with E-state index in [0.29, 0.717) is 18.7 Å². The maximum atomic E-state index is 12.6. The van der Waals surface area contributed by atoms with Crippen molar-refractivity contribution in [1.29, 1.82) is 0 Å². The van der Waals surface area contributed by atoms with Crippen LogP contribution >= 0.6 is 0 Å². The van der Waals surface area contributed by atoms with E-state index in [4.69, 9.17) is 9.15 Å². The number of Topliss-reactive ketones (excluding diaryl/α,β-unsaturated/α-hetero) is 1. The van der Waals surface area contributed by atoms with E-state index in [1.54, 1.807) is 19.2 Å². The third kappa shape index (κ3) is 2.85. The molecule has 1 amide bonds. The van der Waals surface area contributed by atoms with Crippen molar-refractivity contribution in [1.82, 2.24) is 9.88 Å². The first-order valence-corrected chi connectivity index (χ1v) is 8.93. The van der Waals surface area contributed by atoms with Gasteiger partial charge in [0.1, 0.15) is 17.6 Å². The molecule has 2 N–H and O–H groups in total. The number of aliphatic hydroxyl groups is 1.